The molecule has 0 rings (SSSR count). The number of nitrogens with two attached hydrogens (primary N) is 2. The Bertz CT molecular complexity index is 1020. The summed E-state index contributed by atoms with van der Waals surface area (Å²) < 4.78 is 50.0. The van der Waals surface area contributed by atoms with Crippen molar-refractivity contribution in [2.75, 3.05) is 77.5 Å². The highest BCUT2D eigenvalue weighted by atomic mass is 33.1. The molecule has 10 nitrogen and oxygen atoms in total. The van der Waals surface area contributed by atoms with Crippen LogP contribution in [0.5, 0.6) is 0 Å². The Morgan fingerprint density at radius 3 is 0.952 bits per heavy atom. The summed E-state index contributed by atoms with van der Waals surface area (Å²) in [6, 6.07) is 0. The molecule has 0 aromatic carbocycles. The Morgan fingerprint density at radius 1 is 0.339 bits per heavy atom. The minimum Gasteiger partial charge on any atom is -0.379 e. The molecule has 0 radical (unpaired) electrons. The van der Waals surface area contributed by atoms with E-state index in [2.05, 4.69) is 111 Å². The Balaban J connectivity index is 4.97. The quantitative estimate of drug-likeness (QED) is 0.0447. The van der Waals surface area contributed by atoms with E-state index >= 15 is 0 Å². The van der Waals surface area contributed by atoms with Gasteiger partial charge in [0, 0.05) is 44.5 Å². The Hall–Kier alpha value is 0.300. The minimum absolute atomic E-state index is 0.180. The lowest BCUT2D eigenvalue weighted by Crippen LogP contribution is -2.33. The maximum absolute atomic E-state index is 6.56. The molecule has 62 heavy (non-hydrogen) atoms. The lowest BCUT2D eigenvalue weighted by Gasteiger charge is -2.32. The van der Waals surface area contributed by atoms with E-state index in [4.69, 9.17) is 49.4 Å². The third-order valence-electron chi connectivity index (χ3n) is 11.6. The molecular formula is C50H104N2O8S2. The first kappa shape index (κ1) is 62.3. The average Bonchev–Trinajstić information content (AvgIpc) is 3.11. The molecule has 0 unspecified atom stereocenters. The molecular weight excluding hydrogens is 821 g/mol. The lowest BCUT2D eigenvalue weighted by molar-refractivity contribution is -0.0856. The third-order valence-corrected chi connectivity index (χ3v) is 14.0. The zero-order valence-electron chi connectivity index (χ0n) is 43.5. The third kappa shape index (κ3) is 37.4. The Morgan fingerprint density at radius 2 is 0.613 bits per heavy atom. The second kappa shape index (κ2) is 32.9. The molecule has 0 aliphatic rings. The van der Waals surface area contributed by atoms with E-state index in [0.717, 1.165) is 95.3 Å². The van der Waals surface area contributed by atoms with Gasteiger partial charge in [0.2, 0.25) is 0 Å². The van der Waals surface area contributed by atoms with Gasteiger partial charge in [0.15, 0.2) is 0 Å². The number of hydrogen-bond donors (Lipinski definition) is 2. The van der Waals surface area contributed by atoms with Gasteiger partial charge in [0.25, 0.3) is 0 Å². The predicted molar refractivity (Wildman–Crippen MR) is 268 cm³/mol. The van der Waals surface area contributed by atoms with Crippen LogP contribution in [0, 0.1) is 11.8 Å². The highest BCUT2D eigenvalue weighted by molar-refractivity contribution is 8.76. The van der Waals surface area contributed by atoms with Crippen molar-refractivity contribution in [1.82, 2.24) is 0 Å². The van der Waals surface area contributed by atoms with Crippen LogP contribution in [0.4, 0.5) is 0 Å². The van der Waals surface area contributed by atoms with Crippen LogP contribution >= 0.6 is 21.6 Å². The van der Waals surface area contributed by atoms with E-state index in [1.807, 2.05) is 21.6 Å². The summed E-state index contributed by atoms with van der Waals surface area (Å²) >= 11 is 0. The molecule has 4 N–H and O–H groups in total. The summed E-state index contributed by atoms with van der Waals surface area (Å²) in [5, 5.41) is 0. The van der Waals surface area contributed by atoms with Crippen molar-refractivity contribution in [2.45, 2.75) is 234 Å². The van der Waals surface area contributed by atoms with E-state index in [9.17, 15) is 0 Å². The molecule has 0 spiro atoms. The number of ether oxygens (including phenoxy) is 8. The van der Waals surface area contributed by atoms with Crippen molar-refractivity contribution in [3.8, 4) is 0 Å². The van der Waals surface area contributed by atoms with Gasteiger partial charge in [0.05, 0.1) is 65.6 Å². The van der Waals surface area contributed by atoms with Gasteiger partial charge < -0.3 is 49.4 Å². The SMILES string of the molecule is CC(C)OCCC(CCOC(C)C)CCSSCCC(C)(C)OCCC(C)(C)OCCC(CCOC(C)(C)CCOC(C)(C)CCN)CCOC(C)(C)CCOC(C)(C)CCN. The predicted octanol–water partition coefficient (Wildman–Crippen LogP) is 11.8. The van der Waals surface area contributed by atoms with Crippen LogP contribution in [-0.4, -0.2) is 123 Å². The fourth-order valence-corrected chi connectivity index (χ4v) is 9.27. The van der Waals surface area contributed by atoms with Crippen LogP contribution in [0.2, 0.25) is 0 Å². The average molecular weight is 926 g/mol. The van der Waals surface area contributed by atoms with Gasteiger partial charge in [-0.05, 0) is 213 Å². The monoisotopic (exact) mass is 925 g/mol. The summed E-state index contributed by atoms with van der Waals surface area (Å²) in [6.07, 6.45) is 12.0. The fraction of sp³-hybridized carbons (Fsp3) is 1.00. The van der Waals surface area contributed by atoms with Gasteiger partial charge >= 0.3 is 0 Å². The first-order valence-electron chi connectivity index (χ1n) is 24.4. The van der Waals surface area contributed by atoms with E-state index in [-0.39, 0.29) is 45.8 Å². The largest absolute Gasteiger partial charge is 0.379 e. The molecule has 0 amide bonds. The Kier molecular flexibility index (Phi) is 33.1. The highest BCUT2D eigenvalue weighted by Gasteiger charge is 2.27. The fourth-order valence-electron chi connectivity index (χ4n) is 6.78. The first-order chi connectivity index (χ1) is 28.7. The van der Waals surface area contributed by atoms with Gasteiger partial charge in [-0.15, -0.1) is 0 Å². The highest BCUT2D eigenvalue weighted by Crippen LogP contribution is 2.30. The van der Waals surface area contributed by atoms with E-state index < -0.39 is 0 Å². The molecule has 0 aliphatic carbocycles. The molecule has 12 heteroatoms. The van der Waals surface area contributed by atoms with Crippen LogP contribution in [0.15, 0.2) is 0 Å². The maximum atomic E-state index is 6.56. The molecule has 0 aliphatic heterocycles. The summed E-state index contributed by atoms with van der Waals surface area (Å²) in [4.78, 5) is 0. The zero-order valence-corrected chi connectivity index (χ0v) is 45.2. The van der Waals surface area contributed by atoms with E-state index in [0.29, 0.717) is 64.6 Å². The van der Waals surface area contributed by atoms with Crippen LogP contribution in [-0.2, 0) is 37.9 Å². The van der Waals surface area contributed by atoms with Crippen molar-refractivity contribution in [2.24, 2.45) is 23.3 Å². The van der Waals surface area contributed by atoms with Crippen LogP contribution < -0.4 is 11.5 Å². The van der Waals surface area contributed by atoms with Crippen LogP contribution in [0.3, 0.4) is 0 Å². The van der Waals surface area contributed by atoms with E-state index in [1.54, 1.807) is 0 Å². The molecule has 0 fully saturated rings. The van der Waals surface area contributed by atoms with Crippen molar-refractivity contribution in [1.29, 1.82) is 0 Å². The zero-order chi connectivity index (χ0) is 47.4. The summed E-state index contributed by atoms with van der Waals surface area (Å²) in [5.74, 6) is 3.27. The topological polar surface area (TPSA) is 126 Å². The molecule has 0 aromatic rings. The molecule has 0 aromatic heterocycles. The minimum atomic E-state index is -0.283. The summed E-state index contributed by atoms with van der Waals surface area (Å²) in [5.41, 5.74) is 10.1. The lowest BCUT2D eigenvalue weighted by atomic mass is 9.97. The van der Waals surface area contributed by atoms with Gasteiger partial charge in [-0.3, -0.25) is 0 Å². The Labute approximate surface area is 392 Å². The second-order valence-corrected chi connectivity index (χ2v) is 24.4. The molecule has 0 heterocycles. The van der Waals surface area contributed by atoms with Crippen LogP contribution in [0.1, 0.15) is 188 Å². The van der Waals surface area contributed by atoms with E-state index in [1.165, 1.54) is 6.42 Å². The standard InChI is InChI=1S/C50H104N2O8S2/c1-41(2)53-31-17-44(18-32-54-42(3)4)22-39-61-62-40-28-50(15,16)60-38-27-49(13,14)57-35-21-43(19-33-55-47(9,10)25-36-58-45(5,6)23-29-51)20-34-56-48(11,12)26-37-59-46(7,8)24-30-52/h41-44H,17-40,51-52H2,1-16H3. The summed E-state index contributed by atoms with van der Waals surface area (Å²) in [7, 11) is 3.96. The molecule has 0 saturated carbocycles. The van der Waals surface area contributed by atoms with Crippen LogP contribution in [0.25, 0.3) is 0 Å². The van der Waals surface area contributed by atoms with Gasteiger partial charge in [-0.25, -0.2) is 0 Å². The second-order valence-electron chi connectivity index (χ2n) is 21.7. The van der Waals surface area contributed by atoms with Gasteiger partial charge in [-0.1, -0.05) is 21.6 Å². The maximum Gasteiger partial charge on any atom is 0.0648 e. The molecule has 0 atom stereocenters. The van der Waals surface area contributed by atoms with Crippen molar-refractivity contribution < 1.29 is 37.9 Å². The van der Waals surface area contributed by atoms with Gasteiger partial charge in [0.1, 0.15) is 0 Å². The molecule has 374 valence electrons. The smallest absolute Gasteiger partial charge is 0.0648 e. The van der Waals surface area contributed by atoms with Gasteiger partial charge in [-0.2, -0.15) is 0 Å². The first-order valence-corrected chi connectivity index (χ1v) is 26.9. The van der Waals surface area contributed by atoms with Crippen molar-refractivity contribution in [3.63, 3.8) is 0 Å². The molecule has 0 bridgehead atoms. The normalized spacial score (nSPS) is 13.8. The molecule has 0 saturated heterocycles. The number of rotatable bonds is 43. The van der Waals surface area contributed by atoms with Crippen molar-refractivity contribution >= 4 is 21.6 Å². The summed E-state index contributed by atoms with van der Waals surface area (Å²) in [6.45, 7) is 41.2. The number of hydrogen-bond acceptors (Lipinski definition) is 12. The van der Waals surface area contributed by atoms with Crippen molar-refractivity contribution in [3.05, 3.63) is 0 Å².